The molecule has 0 aliphatic carbocycles. The highest BCUT2D eigenvalue weighted by atomic mass is 19.1. The predicted molar refractivity (Wildman–Crippen MR) is 108 cm³/mol. The number of hydrogen-bond acceptors (Lipinski definition) is 2. The van der Waals surface area contributed by atoms with Crippen LogP contribution in [0.1, 0.15) is 27.5 Å². The lowest BCUT2D eigenvalue weighted by molar-refractivity contribution is 0.0932. The number of benzene rings is 3. The van der Waals surface area contributed by atoms with Gasteiger partial charge in [-0.25, -0.2) is 9.37 Å². The van der Waals surface area contributed by atoms with E-state index < -0.39 is 0 Å². The first kappa shape index (κ1) is 17.9. The van der Waals surface area contributed by atoms with Crippen LogP contribution in [0.4, 0.5) is 4.39 Å². The molecule has 28 heavy (non-hydrogen) atoms. The van der Waals surface area contributed by atoms with Gasteiger partial charge in [0.25, 0.3) is 5.91 Å². The molecule has 4 rings (SSSR count). The van der Waals surface area contributed by atoms with Gasteiger partial charge in [0.15, 0.2) is 0 Å². The first-order chi connectivity index (χ1) is 13.6. The Bertz CT molecular complexity index is 1120. The van der Waals surface area contributed by atoms with Gasteiger partial charge in [0.1, 0.15) is 5.82 Å². The number of rotatable bonds is 5. The third-order valence-electron chi connectivity index (χ3n) is 4.87. The molecule has 1 aromatic heterocycles. The van der Waals surface area contributed by atoms with Crippen LogP contribution >= 0.6 is 0 Å². The molecule has 0 spiro atoms. The highest BCUT2D eigenvalue weighted by molar-refractivity contribution is 5.95. The van der Waals surface area contributed by atoms with E-state index in [1.54, 1.807) is 24.5 Å². The molecule has 4 nitrogen and oxygen atoms in total. The van der Waals surface area contributed by atoms with Crippen molar-refractivity contribution in [3.8, 4) is 0 Å². The summed E-state index contributed by atoms with van der Waals surface area (Å²) >= 11 is 0. The zero-order chi connectivity index (χ0) is 19.5. The first-order valence-electron chi connectivity index (χ1n) is 9.13. The van der Waals surface area contributed by atoms with Crippen LogP contribution in [0.3, 0.4) is 0 Å². The number of aryl methyl sites for hydroxylation is 1. The first-order valence-corrected chi connectivity index (χ1v) is 9.13. The molecule has 4 aromatic rings. The maximum Gasteiger partial charge on any atom is 0.252 e. The number of imidazole rings is 1. The Kier molecular flexibility index (Phi) is 4.89. The number of amides is 1. The van der Waals surface area contributed by atoms with Gasteiger partial charge in [-0.15, -0.1) is 0 Å². The van der Waals surface area contributed by atoms with Gasteiger partial charge in [-0.2, -0.15) is 0 Å². The Hall–Kier alpha value is -3.47. The molecular weight excluding hydrogens is 353 g/mol. The molecule has 0 fully saturated rings. The average Bonchev–Trinajstić information content (AvgIpc) is 3.11. The van der Waals surface area contributed by atoms with Crippen molar-refractivity contribution < 1.29 is 9.18 Å². The Labute approximate surface area is 162 Å². The van der Waals surface area contributed by atoms with Crippen LogP contribution in [-0.2, 0) is 6.54 Å². The molecule has 0 aliphatic heterocycles. The van der Waals surface area contributed by atoms with Crippen molar-refractivity contribution in [3.63, 3.8) is 0 Å². The van der Waals surface area contributed by atoms with Crippen molar-refractivity contribution in [1.82, 2.24) is 14.9 Å². The number of nitrogens with one attached hydrogen (secondary N) is 1. The number of halogens is 1. The van der Waals surface area contributed by atoms with E-state index in [1.807, 2.05) is 54.0 Å². The van der Waals surface area contributed by atoms with Gasteiger partial charge < -0.3 is 9.88 Å². The highest BCUT2D eigenvalue weighted by Gasteiger charge is 2.18. The molecule has 1 atom stereocenters. The molecule has 1 amide bonds. The van der Waals surface area contributed by atoms with Crippen LogP contribution in [0.15, 0.2) is 79.1 Å². The smallest absolute Gasteiger partial charge is 0.252 e. The van der Waals surface area contributed by atoms with E-state index in [0.29, 0.717) is 12.1 Å². The van der Waals surface area contributed by atoms with Crippen molar-refractivity contribution >= 4 is 16.9 Å². The number of fused-ring (bicyclic) bond motifs is 1. The molecule has 3 aromatic carbocycles. The van der Waals surface area contributed by atoms with Crippen molar-refractivity contribution in [1.29, 1.82) is 0 Å². The largest absolute Gasteiger partial charge is 0.343 e. The Morgan fingerprint density at radius 3 is 2.54 bits per heavy atom. The lowest BCUT2D eigenvalue weighted by atomic mass is 10.0. The minimum Gasteiger partial charge on any atom is -0.343 e. The number of carbonyl (C=O) groups excluding carboxylic acids is 1. The number of para-hydroxylation sites is 2. The van der Waals surface area contributed by atoms with E-state index in [2.05, 4.69) is 10.3 Å². The number of hydrogen-bond donors (Lipinski definition) is 1. The zero-order valence-corrected chi connectivity index (χ0v) is 15.5. The third-order valence-corrected chi connectivity index (χ3v) is 4.87. The van der Waals surface area contributed by atoms with Gasteiger partial charge in [-0.05, 0) is 48.4 Å². The van der Waals surface area contributed by atoms with Crippen molar-refractivity contribution in [3.05, 3.63) is 102 Å². The summed E-state index contributed by atoms with van der Waals surface area (Å²) < 4.78 is 15.4. The Morgan fingerprint density at radius 1 is 1.04 bits per heavy atom. The summed E-state index contributed by atoms with van der Waals surface area (Å²) in [5, 5.41) is 3.10. The van der Waals surface area contributed by atoms with Crippen LogP contribution in [-0.4, -0.2) is 15.5 Å². The molecule has 0 bridgehead atoms. The lowest BCUT2D eigenvalue weighted by Crippen LogP contribution is -2.31. The summed E-state index contributed by atoms with van der Waals surface area (Å²) in [6.07, 6.45) is 1.76. The van der Waals surface area contributed by atoms with Crippen LogP contribution in [0.2, 0.25) is 0 Å². The fourth-order valence-corrected chi connectivity index (χ4v) is 3.35. The lowest BCUT2D eigenvalue weighted by Gasteiger charge is -2.21. The second kappa shape index (κ2) is 7.64. The fraction of sp³-hybridized carbons (Fsp3) is 0.130. The van der Waals surface area contributed by atoms with Crippen molar-refractivity contribution in [2.75, 3.05) is 0 Å². The van der Waals surface area contributed by atoms with Crippen LogP contribution in [0.5, 0.6) is 0 Å². The third kappa shape index (κ3) is 3.64. The van der Waals surface area contributed by atoms with E-state index >= 15 is 0 Å². The second-order valence-electron chi connectivity index (χ2n) is 6.78. The maximum atomic E-state index is 13.4. The summed E-state index contributed by atoms with van der Waals surface area (Å²) in [7, 11) is 0. The number of carbonyl (C=O) groups is 1. The van der Waals surface area contributed by atoms with E-state index in [4.69, 9.17) is 0 Å². The molecule has 140 valence electrons. The van der Waals surface area contributed by atoms with Crippen molar-refractivity contribution in [2.24, 2.45) is 0 Å². The summed E-state index contributed by atoms with van der Waals surface area (Å²) in [4.78, 5) is 17.3. The van der Waals surface area contributed by atoms with Gasteiger partial charge in [0.2, 0.25) is 0 Å². The topological polar surface area (TPSA) is 46.9 Å². The molecule has 0 saturated carbocycles. The summed E-state index contributed by atoms with van der Waals surface area (Å²) in [6, 6.07) is 21.2. The predicted octanol–water partition coefficient (Wildman–Crippen LogP) is 4.66. The van der Waals surface area contributed by atoms with E-state index in [1.165, 1.54) is 12.1 Å². The number of aromatic nitrogens is 2. The van der Waals surface area contributed by atoms with Crippen LogP contribution < -0.4 is 5.32 Å². The highest BCUT2D eigenvalue weighted by Crippen LogP contribution is 2.21. The Balaban J connectivity index is 1.67. The fourth-order valence-electron chi connectivity index (χ4n) is 3.35. The molecule has 1 heterocycles. The van der Waals surface area contributed by atoms with Crippen molar-refractivity contribution in [2.45, 2.75) is 19.5 Å². The minimum absolute atomic E-state index is 0.156. The van der Waals surface area contributed by atoms with Gasteiger partial charge in [-0.1, -0.05) is 42.5 Å². The average molecular weight is 373 g/mol. The Morgan fingerprint density at radius 2 is 1.75 bits per heavy atom. The molecule has 5 heteroatoms. The van der Waals surface area contributed by atoms with Gasteiger partial charge in [0.05, 0.1) is 23.4 Å². The van der Waals surface area contributed by atoms with E-state index in [-0.39, 0.29) is 17.8 Å². The quantitative estimate of drug-likeness (QED) is 0.553. The second-order valence-corrected chi connectivity index (χ2v) is 6.78. The van der Waals surface area contributed by atoms with Crippen LogP contribution in [0, 0.1) is 12.7 Å². The van der Waals surface area contributed by atoms with Gasteiger partial charge in [-0.3, -0.25) is 4.79 Å². The number of nitrogens with zero attached hydrogens (tertiary/aromatic N) is 2. The van der Waals surface area contributed by atoms with E-state index in [9.17, 15) is 9.18 Å². The molecule has 1 unspecified atom stereocenters. The molecule has 0 saturated heterocycles. The minimum atomic E-state index is -0.328. The molecular formula is C23H20FN3O. The van der Waals surface area contributed by atoms with Crippen LogP contribution in [0.25, 0.3) is 11.0 Å². The van der Waals surface area contributed by atoms with Gasteiger partial charge in [0, 0.05) is 12.1 Å². The standard InChI is InChI=1S/C23H20FN3O/c1-16-6-2-3-7-19(16)23(28)26-21(17-10-12-18(24)13-11-17)14-27-15-25-20-8-4-5-9-22(20)27/h2-13,15,21H,14H2,1H3,(H,26,28). The monoisotopic (exact) mass is 373 g/mol. The maximum absolute atomic E-state index is 13.4. The summed E-state index contributed by atoms with van der Waals surface area (Å²) in [6.45, 7) is 2.40. The molecule has 1 N–H and O–H groups in total. The molecule has 0 radical (unpaired) electrons. The SMILES string of the molecule is Cc1ccccc1C(=O)NC(Cn1cnc2ccccc21)c1ccc(F)cc1. The summed E-state index contributed by atoms with van der Waals surface area (Å²) in [5.41, 5.74) is 4.25. The normalized spacial score (nSPS) is 12.1. The molecule has 0 aliphatic rings. The van der Waals surface area contributed by atoms with E-state index in [0.717, 1.165) is 22.2 Å². The zero-order valence-electron chi connectivity index (χ0n) is 15.5. The summed E-state index contributed by atoms with van der Waals surface area (Å²) in [5.74, 6) is -0.461. The van der Waals surface area contributed by atoms with Gasteiger partial charge >= 0.3 is 0 Å².